The highest BCUT2D eigenvalue weighted by Gasteiger charge is 2.22. The molecule has 104 valence electrons. The summed E-state index contributed by atoms with van der Waals surface area (Å²) in [6.45, 7) is 3.43. The molecule has 1 aliphatic heterocycles. The van der Waals surface area contributed by atoms with E-state index < -0.39 is 0 Å². The topological polar surface area (TPSA) is 46.3 Å². The molecule has 1 amide bonds. The molecule has 0 radical (unpaired) electrons. The number of carbonyl (C=O) groups excluding carboxylic acids is 1. The van der Waals surface area contributed by atoms with Crippen LogP contribution in [0, 0.1) is 11.7 Å². The van der Waals surface area contributed by atoms with Crippen LogP contribution in [0.3, 0.4) is 0 Å². The lowest BCUT2D eigenvalue weighted by Gasteiger charge is -2.21. The van der Waals surface area contributed by atoms with Gasteiger partial charge in [-0.2, -0.15) is 0 Å². The Balaban J connectivity index is 2.07. The van der Waals surface area contributed by atoms with Crippen LogP contribution in [0.2, 0.25) is 0 Å². The second-order valence-electron chi connectivity index (χ2n) is 5.26. The Bertz CT molecular complexity index is 461. The van der Waals surface area contributed by atoms with Crippen LogP contribution in [-0.4, -0.2) is 17.4 Å². The van der Waals surface area contributed by atoms with Crippen molar-refractivity contribution in [1.29, 1.82) is 0 Å². The zero-order chi connectivity index (χ0) is 13.8. The number of amides is 1. The second kappa shape index (κ2) is 6.04. The fourth-order valence-corrected chi connectivity index (χ4v) is 2.58. The predicted molar refractivity (Wildman–Crippen MR) is 73.9 cm³/mol. The highest BCUT2D eigenvalue weighted by molar-refractivity contribution is 5.76. The van der Waals surface area contributed by atoms with Crippen molar-refractivity contribution in [2.75, 3.05) is 12.3 Å². The summed E-state index contributed by atoms with van der Waals surface area (Å²) in [6, 6.07) is 4.37. The quantitative estimate of drug-likeness (QED) is 0.853. The molecule has 0 bridgehead atoms. The van der Waals surface area contributed by atoms with Crippen LogP contribution < -0.4 is 5.73 Å². The average Bonchev–Trinajstić information content (AvgIpc) is 2.56. The first-order valence-corrected chi connectivity index (χ1v) is 6.91. The Morgan fingerprint density at radius 1 is 1.42 bits per heavy atom. The molecule has 1 heterocycles. The van der Waals surface area contributed by atoms with Crippen molar-refractivity contribution in [3.05, 3.63) is 29.6 Å². The fourth-order valence-electron chi connectivity index (χ4n) is 2.58. The van der Waals surface area contributed by atoms with Crippen LogP contribution in [0.25, 0.3) is 0 Å². The van der Waals surface area contributed by atoms with Gasteiger partial charge in [0, 0.05) is 25.2 Å². The van der Waals surface area contributed by atoms with Gasteiger partial charge in [-0.3, -0.25) is 4.79 Å². The van der Waals surface area contributed by atoms with Crippen molar-refractivity contribution in [1.82, 2.24) is 4.90 Å². The number of hydrogen-bond donors (Lipinski definition) is 1. The Kier molecular flexibility index (Phi) is 4.40. The maximum absolute atomic E-state index is 13.0. The van der Waals surface area contributed by atoms with E-state index in [1.807, 2.05) is 4.90 Å². The predicted octanol–water partition coefficient (Wildman–Crippen LogP) is 2.95. The van der Waals surface area contributed by atoms with Crippen LogP contribution in [0.15, 0.2) is 18.2 Å². The van der Waals surface area contributed by atoms with Crippen LogP contribution in [0.1, 0.15) is 38.2 Å². The molecular formula is C15H21FN2O. The zero-order valence-electron chi connectivity index (χ0n) is 11.4. The molecule has 4 heteroatoms. The first-order valence-electron chi connectivity index (χ1n) is 6.91. The average molecular weight is 264 g/mol. The molecule has 1 unspecified atom stereocenters. The van der Waals surface area contributed by atoms with Crippen molar-refractivity contribution < 1.29 is 9.18 Å². The lowest BCUT2D eigenvalue weighted by Crippen LogP contribution is -2.30. The molecule has 0 aliphatic carbocycles. The fraction of sp³-hybridized carbons (Fsp3) is 0.533. The molecule has 1 atom stereocenters. The van der Waals surface area contributed by atoms with Gasteiger partial charge in [0.05, 0.1) is 0 Å². The van der Waals surface area contributed by atoms with Gasteiger partial charge in [-0.15, -0.1) is 0 Å². The van der Waals surface area contributed by atoms with E-state index in [2.05, 4.69) is 6.92 Å². The third kappa shape index (κ3) is 3.46. The molecule has 2 rings (SSSR count). The van der Waals surface area contributed by atoms with E-state index in [9.17, 15) is 9.18 Å². The van der Waals surface area contributed by atoms with E-state index in [4.69, 9.17) is 5.73 Å². The third-order valence-electron chi connectivity index (χ3n) is 3.97. The highest BCUT2D eigenvalue weighted by Crippen LogP contribution is 2.23. The minimum absolute atomic E-state index is 0.180. The SMILES string of the molecule is CCC1CCC(=O)N(Cc2ccc(F)cc2N)CC1. The third-order valence-corrected chi connectivity index (χ3v) is 3.97. The first kappa shape index (κ1) is 13.8. The van der Waals surface area contributed by atoms with Crippen molar-refractivity contribution in [2.24, 2.45) is 5.92 Å². The minimum Gasteiger partial charge on any atom is -0.398 e. The van der Waals surface area contributed by atoms with E-state index in [-0.39, 0.29) is 11.7 Å². The van der Waals surface area contributed by atoms with Gasteiger partial charge >= 0.3 is 0 Å². The van der Waals surface area contributed by atoms with Gasteiger partial charge in [-0.25, -0.2) is 4.39 Å². The summed E-state index contributed by atoms with van der Waals surface area (Å²) in [7, 11) is 0. The minimum atomic E-state index is -0.338. The largest absolute Gasteiger partial charge is 0.398 e. The number of nitrogens with zero attached hydrogens (tertiary/aromatic N) is 1. The van der Waals surface area contributed by atoms with Crippen molar-refractivity contribution in [3.8, 4) is 0 Å². The van der Waals surface area contributed by atoms with E-state index in [1.165, 1.54) is 12.1 Å². The monoisotopic (exact) mass is 264 g/mol. The molecule has 0 aromatic heterocycles. The van der Waals surface area contributed by atoms with Crippen LogP contribution >= 0.6 is 0 Å². The van der Waals surface area contributed by atoms with Crippen molar-refractivity contribution in [2.45, 2.75) is 39.2 Å². The molecule has 3 nitrogen and oxygen atoms in total. The van der Waals surface area contributed by atoms with Crippen LogP contribution in [0.5, 0.6) is 0 Å². The number of nitrogens with two attached hydrogens (primary N) is 1. The summed E-state index contributed by atoms with van der Waals surface area (Å²) in [5.74, 6) is 0.480. The number of benzene rings is 1. The van der Waals surface area contributed by atoms with Crippen molar-refractivity contribution >= 4 is 11.6 Å². The molecule has 0 spiro atoms. The van der Waals surface area contributed by atoms with Gasteiger partial charge in [0.25, 0.3) is 0 Å². The van der Waals surface area contributed by atoms with Gasteiger partial charge in [-0.1, -0.05) is 19.4 Å². The summed E-state index contributed by atoms with van der Waals surface area (Å²) >= 11 is 0. The van der Waals surface area contributed by atoms with E-state index >= 15 is 0 Å². The second-order valence-corrected chi connectivity index (χ2v) is 5.26. The molecule has 1 saturated heterocycles. The summed E-state index contributed by atoms with van der Waals surface area (Å²) < 4.78 is 13.0. The maximum atomic E-state index is 13.0. The van der Waals surface area contributed by atoms with Crippen LogP contribution in [0.4, 0.5) is 10.1 Å². The molecular weight excluding hydrogens is 243 g/mol. The lowest BCUT2D eigenvalue weighted by atomic mass is 9.98. The number of halogens is 1. The Hall–Kier alpha value is -1.58. The summed E-state index contributed by atoms with van der Waals surface area (Å²) in [6.07, 6.45) is 3.76. The normalized spacial score (nSPS) is 20.4. The highest BCUT2D eigenvalue weighted by atomic mass is 19.1. The van der Waals surface area contributed by atoms with Gasteiger partial charge < -0.3 is 10.6 Å². The molecule has 0 saturated carbocycles. The van der Waals surface area contributed by atoms with Crippen LogP contribution in [-0.2, 0) is 11.3 Å². The van der Waals surface area contributed by atoms with E-state index in [0.717, 1.165) is 31.4 Å². The van der Waals surface area contributed by atoms with E-state index in [0.29, 0.717) is 24.6 Å². The first-order chi connectivity index (χ1) is 9.10. The molecule has 1 aromatic carbocycles. The Labute approximate surface area is 113 Å². The molecule has 19 heavy (non-hydrogen) atoms. The molecule has 2 N–H and O–H groups in total. The molecule has 1 aliphatic rings. The number of rotatable bonds is 3. The molecule has 1 fully saturated rings. The van der Waals surface area contributed by atoms with Gasteiger partial charge in [0.1, 0.15) is 5.82 Å². The molecule has 1 aromatic rings. The van der Waals surface area contributed by atoms with Crippen molar-refractivity contribution in [3.63, 3.8) is 0 Å². The van der Waals surface area contributed by atoms with Gasteiger partial charge in [0.15, 0.2) is 0 Å². The smallest absolute Gasteiger partial charge is 0.222 e. The summed E-state index contributed by atoms with van der Waals surface area (Å²) in [5, 5.41) is 0. The number of likely N-dealkylation sites (tertiary alicyclic amines) is 1. The number of nitrogen functional groups attached to an aromatic ring is 1. The standard InChI is InChI=1S/C15H21FN2O/c1-2-11-3-6-15(19)18(8-7-11)10-12-4-5-13(16)9-14(12)17/h4-5,9,11H,2-3,6-8,10,17H2,1H3. The number of hydrogen-bond acceptors (Lipinski definition) is 2. The Morgan fingerprint density at radius 2 is 2.21 bits per heavy atom. The Morgan fingerprint density at radius 3 is 2.89 bits per heavy atom. The zero-order valence-corrected chi connectivity index (χ0v) is 11.4. The summed E-state index contributed by atoms with van der Waals surface area (Å²) in [5.41, 5.74) is 7.04. The van der Waals surface area contributed by atoms with Gasteiger partial charge in [-0.05, 0) is 36.5 Å². The number of carbonyl (C=O) groups is 1. The summed E-state index contributed by atoms with van der Waals surface area (Å²) in [4.78, 5) is 13.9. The maximum Gasteiger partial charge on any atom is 0.222 e. The number of anilines is 1. The van der Waals surface area contributed by atoms with E-state index in [1.54, 1.807) is 6.07 Å². The van der Waals surface area contributed by atoms with Gasteiger partial charge in [0.2, 0.25) is 5.91 Å². The lowest BCUT2D eigenvalue weighted by molar-refractivity contribution is -0.131.